The monoisotopic (exact) mass is 231 g/mol. The number of hydrogen-bond acceptors (Lipinski definition) is 3. The van der Waals surface area contributed by atoms with Crippen molar-refractivity contribution in [2.45, 2.75) is 12.5 Å². The van der Waals surface area contributed by atoms with Gasteiger partial charge in [0.1, 0.15) is 11.8 Å². The second kappa shape index (κ2) is 4.89. The molecule has 0 spiro atoms. The molecule has 2 unspecified atom stereocenters. The molecule has 0 aromatic heterocycles. The van der Waals surface area contributed by atoms with Crippen LogP contribution in [0.15, 0.2) is 35.6 Å². The zero-order chi connectivity index (χ0) is 12.3. The van der Waals surface area contributed by atoms with Crippen molar-refractivity contribution in [2.24, 2.45) is 11.7 Å². The zero-order valence-corrected chi connectivity index (χ0v) is 8.23. The molecule has 0 aromatic rings. The quantitative estimate of drug-likeness (QED) is 0.688. The van der Waals surface area contributed by atoms with Gasteiger partial charge in [0, 0.05) is 11.5 Å². The van der Waals surface area contributed by atoms with E-state index in [1.54, 1.807) is 0 Å². The molecule has 0 aromatic carbocycles. The number of nitrogens with two attached hydrogens (primary N) is 1. The molecule has 1 aliphatic rings. The second-order valence-corrected chi connectivity index (χ2v) is 3.43. The normalized spacial score (nSPS) is 21.6. The lowest BCUT2D eigenvalue weighted by Gasteiger charge is -2.18. The first-order valence-electron chi connectivity index (χ1n) is 4.54. The fraction of sp³-hybridized carbons (Fsp3) is 0.300. The summed E-state index contributed by atoms with van der Waals surface area (Å²) in [6.07, 6.45) is 1.38. The van der Waals surface area contributed by atoms with E-state index in [1.807, 2.05) is 0 Å². The van der Waals surface area contributed by atoms with E-state index in [0.717, 1.165) is 6.08 Å². The molecular weight excluding hydrogens is 220 g/mol. The van der Waals surface area contributed by atoms with Gasteiger partial charge in [0.05, 0.1) is 0 Å². The molecule has 0 fully saturated rings. The first-order valence-corrected chi connectivity index (χ1v) is 4.54. The lowest BCUT2D eigenvalue weighted by atomic mass is 9.89. The number of carbonyl (C=O) groups is 1. The van der Waals surface area contributed by atoms with E-state index in [1.165, 1.54) is 12.2 Å². The summed E-state index contributed by atoms with van der Waals surface area (Å²) in [5, 5.41) is 17.6. The van der Waals surface area contributed by atoms with E-state index in [9.17, 15) is 13.6 Å². The lowest BCUT2D eigenvalue weighted by Crippen LogP contribution is -2.32. The number of carboxylic acids is 1. The van der Waals surface area contributed by atoms with Crippen LogP contribution < -0.4 is 5.73 Å². The van der Waals surface area contributed by atoms with Crippen molar-refractivity contribution in [3.63, 3.8) is 0 Å². The molecule has 4 nitrogen and oxygen atoms in total. The highest BCUT2D eigenvalue weighted by Gasteiger charge is 2.24. The maximum Gasteiger partial charge on any atom is 0.320 e. The number of aliphatic carboxylic acids is 1. The molecule has 0 heterocycles. The fourth-order valence-electron chi connectivity index (χ4n) is 1.41. The van der Waals surface area contributed by atoms with Gasteiger partial charge in [-0.2, -0.15) is 8.78 Å². The summed E-state index contributed by atoms with van der Waals surface area (Å²) in [7, 11) is 0. The van der Waals surface area contributed by atoms with Crippen LogP contribution in [0.2, 0.25) is 0 Å². The molecule has 0 amide bonds. The van der Waals surface area contributed by atoms with Crippen molar-refractivity contribution in [2.75, 3.05) is 0 Å². The number of rotatable bonds is 3. The van der Waals surface area contributed by atoms with Gasteiger partial charge >= 0.3 is 5.97 Å². The maximum atomic E-state index is 12.5. The third kappa shape index (κ3) is 2.90. The molecule has 6 heteroatoms. The largest absolute Gasteiger partial charge is 0.508 e. The Morgan fingerprint density at radius 2 is 2.19 bits per heavy atom. The Kier molecular flexibility index (Phi) is 3.78. The van der Waals surface area contributed by atoms with Gasteiger partial charge in [-0.15, -0.1) is 0 Å². The van der Waals surface area contributed by atoms with Crippen molar-refractivity contribution in [1.82, 2.24) is 0 Å². The number of aliphatic hydroxyl groups excluding tert-OH is 1. The molecule has 1 rings (SSSR count). The molecule has 16 heavy (non-hydrogen) atoms. The maximum absolute atomic E-state index is 12.5. The van der Waals surface area contributed by atoms with Crippen LogP contribution in [0.4, 0.5) is 8.78 Å². The Labute approximate surface area is 90.4 Å². The molecule has 0 bridgehead atoms. The summed E-state index contributed by atoms with van der Waals surface area (Å²) in [5.74, 6) is -2.32. The topological polar surface area (TPSA) is 83.5 Å². The number of carboxylic acid groups (broad SMARTS) is 1. The van der Waals surface area contributed by atoms with E-state index >= 15 is 0 Å². The summed E-state index contributed by atoms with van der Waals surface area (Å²) in [6.45, 7) is 0. The van der Waals surface area contributed by atoms with Gasteiger partial charge in [0.2, 0.25) is 0 Å². The smallest absolute Gasteiger partial charge is 0.320 e. The number of hydrogen-bond donors (Lipinski definition) is 3. The average molecular weight is 231 g/mol. The van der Waals surface area contributed by atoms with Crippen LogP contribution in [0.3, 0.4) is 0 Å². The number of aliphatic hydroxyl groups is 1. The molecule has 0 radical (unpaired) electrons. The standard InChI is InChI=1S/C10H11F2NO3/c11-9(12)7-4-6(14)2-1-5(7)3-8(13)10(15)16/h1-2,4-5,8,14H,3,13H2,(H,15,16). The van der Waals surface area contributed by atoms with E-state index in [-0.39, 0.29) is 12.2 Å². The lowest BCUT2D eigenvalue weighted by molar-refractivity contribution is -0.138. The fourth-order valence-corrected chi connectivity index (χ4v) is 1.41. The van der Waals surface area contributed by atoms with Crippen LogP contribution >= 0.6 is 0 Å². The average Bonchev–Trinajstić information content (AvgIpc) is 2.20. The van der Waals surface area contributed by atoms with Crippen LogP contribution in [0.1, 0.15) is 6.42 Å². The molecule has 88 valence electrons. The third-order valence-electron chi connectivity index (χ3n) is 2.25. The SMILES string of the molecule is NC(CC1C=CC(O)=CC1=C(F)F)C(=O)O. The van der Waals surface area contributed by atoms with Gasteiger partial charge in [-0.25, -0.2) is 0 Å². The van der Waals surface area contributed by atoms with E-state index in [2.05, 4.69) is 0 Å². The Morgan fingerprint density at radius 1 is 1.56 bits per heavy atom. The Morgan fingerprint density at radius 3 is 2.69 bits per heavy atom. The molecular formula is C10H11F2NO3. The van der Waals surface area contributed by atoms with Gasteiger partial charge in [0.15, 0.2) is 0 Å². The van der Waals surface area contributed by atoms with Gasteiger partial charge in [0.25, 0.3) is 6.08 Å². The first kappa shape index (κ1) is 12.4. The number of allylic oxidation sites excluding steroid dienone is 4. The zero-order valence-electron chi connectivity index (χ0n) is 8.23. The van der Waals surface area contributed by atoms with Crippen molar-refractivity contribution in [3.05, 3.63) is 35.6 Å². The highest BCUT2D eigenvalue weighted by Crippen LogP contribution is 2.29. The molecule has 4 N–H and O–H groups in total. The molecule has 2 atom stereocenters. The van der Waals surface area contributed by atoms with Crippen molar-refractivity contribution in [3.8, 4) is 0 Å². The van der Waals surface area contributed by atoms with Gasteiger partial charge in [-0.05, 0) is 18.6 Å². The van der Waals surface area contributed by atoms with Crippen molar-refractivity contribution >= 4 is 5.97 Å². The Balaban J connectivity index is 2.86. The summed E-state index contributed by atoms with van der Waals surface area (Å²) in [4.78, 5) is 10.5. The minimum atomic E-state index is -1.95. The van der Waals surface area contributed by atoms with Crippen LogP contribution in [0, 0.1) is 5.92 Å². The van der Waals surface area contributed by atoms with E-state index in [0.29, 0.717) is 0 Å². The third-order valence-corrected chi connectivity index (χ3v) is 2.25. The predicted octanol–water partition coefficient (Wildman–Crippen LogP) is 1.57. The van der Waals surface area contributed by atoms with Crippen LogP contribution in [0.5, 0.6) is 0 Å². The minimum Gasteiger partial charge on any atom is -0.508 e. The first-order chi connectivity index (χ1) is 7.41. The summed E-state index contributed by atoms with van der Waals surface area (Å²) >= 11 is 0. The van der Waals surface area contributed by atoms with Crippen LogP contribution in [-0.2, 0) is 4.79 Å². The molecule has 0 aliphatic heterocycles. The number of halogens is 2. The summed E-state index contributed by atoms with van der Waals surface area (Å²) < 4.78 is 25.0. The minimum absolute atomic E-state index is 0.137. The van der Waals surface area contributed by atoms with Gasteiger partial charge in [-0.3, -0.25) is 4.79 Å². The van der Waals surface area contributed by atoms with Crippen LogP contribution in [-0.4, -0.2) is 22.2 Å². The Hall–Kier alpha value is -1.69. The van der Waals surface area contributed by atoms with Crippen LogP contribution in [0.25, 0.3) is 0 Å². The van der Waals surface area contributed by atoms with E-state index < -0.39 is 29.6 Å². The highest BCUT2D eigenvalue weighted by atomic mass is 19.3. The van der Waals surface area contributed by atoms with Gasteiger partial charge in [-0.1, -0.05) is 6.08 Å². The molecule has 0 saturated heterocycles. The summed E-state index contributed by atoms with van der Waals surface area (Å²) in [5.41, 5.74) is 4.87. The van der Waals surface area contributed by atoms with Crippen molar-refractivity contribution < 1.29 is 23.8 Å². The highest BCUT2D eigenvalue weighted by molar-refractivity contribution is 5.73. The molecule has 1 aliphatic carbocycles. The summed E-state index contributed by atoms with van der Waals surface area (Å²) in [6, 6.07) is -1.21. The Bertz CT molecular complexity index is 384. The van der Waals surface area contributed by atoms with E-state index in [4.69, 9.17) is 15.9 Å². The van der Waals surface area contributed by atoms with Crippen molar-refractivity contribution in [1.29, 1.82) is 0 Å². The second-order valence-electron chi connectivity index (χ2n) is 3.43. The van der Waals surface area contributed by atoms with Gasteiger partial charge < -0.3 is 15.9 Å². The molecule has 0 saturated carbocycles. The predicted molar refractivity (Wildman–Crippen MR) is 52.8 cm³/mol.